The van der Waals surface area contributed by atoms with Gasteiger partial charge >= 0.3 is 0 Å². The number of rotatable bonds is 5. The second kappa shape index (κ2) is 6.64. The van der Waals surface area contributed by atoms with Crippen molar-refractivity contribution in [1.82, 2.24) is 5.32 Å². The molecule has 0 saturated carbocycles. The summed E-state index contributed by atoms with van der Waals surface area (Å²) < 4.78 is 5.41. The van der Waals surface area contributed by atoms with E-state index >= 15 is 0 Å². The maximum Gasteiger partial charge on any atom is 0.258 e. The highest BCUT2D eigenvalue weighted by atomic mass is 35.5. The van der Waals surface area contributed by atoms with Gasteiger partial charge < -0.3 is 10.1 Å². The zero-order valence-electron chi connectivity index (χ0n) is 11.3. The van der Waals surface area contributed by atoms with Gasteiger partial charge in [-0.1, -0.05) is 25.4 Å². The molecule has 0 radical (unpaired) electrons. The monoisotopic (exact) mass is 269 g/mol. The van der Waals surface area contributed by atoms with Gasteiger partial charge in [0.25, 0.3) is 5.91 Å². The fourth-order valence-corrected chi connectivity index (χ4v) is 1.44. The molecule has 100 valence electrons. The lowest BCUT2D eigenvalue weighted by Crippen LogP contribution is -2.38. The predicted molar refractivity (Wildman–Crippen MR) is 74.1 cm³/mol. The molecule has 0 aromatic heterocycles. The van der Waals surface area contributed by atoms with Gasteiger partial charge in [-0.25, -0.2) is 0 Å². The number of ether oxygens (including phenoxy) is 1. The molecule has 3 nitrogen and oxygen atoms in total. The predicted octanol–water partition coefficient (Wildman–Crippen LogP) is 3.19. The van der Waals surface area contributed by atoms with Crippen molar-refractivity contribution >= 4 is 17.5 Å². The molecule has 0 bridgehead atoms. The standard InChI is InChI=1S/C14H20ClNO2/c1-9(2)11(4)16-14(17)8-18-12-5-6-13(15)10(3)7-12/h5-7,9,11H,8H2,1-4H3,(H,16,17)/t11-/m1/s1. The molecule has 0 spiro atoms. The van der Waals surface area contributed by atoms with Gasteiger partial charge in [0.05, 0.1) is 0 Å². The number of carbonyl (C=O) groups is 1. The Morgan fingerprint density at radius 3 is 2.61 bits per heavy atom. The van der Waals surface area contributed by atoms with Gasteiger partial charge in [-0.05, 0) is 43.5 Å². The number of nitrogens with one attached hydrogen (secondary N) is 1. The van der Waals surface area contributed by atoms with E-state index in [9.17, 15) is 4.79 Å². The molecule has 0 aliphatic rings. The average Bonchev–Trinajstić information content (AvgIpc) is 2.30. The quantitative estimate of drug-likeness (QED) is 0.892. The van der Waals surface area contributed by atoms with Gasteiger partial charge in [-0.3, -0.25) is 4.79 Å². The maximum atomic E-state index is 11.6. The number of hydrogen-bond acceptors (Lipinski definition) is 2. The molecular weight excluding hydrogens is 250 g/mol. The van der Waals surface area contributed by atoms with Gasteiger partial charge in [0.1, 0.15) is 5.75 Å². The number of amides is 1. The van der Waals surface area contributed by atoms with E-state index < -0.39 is 0 Å². The normalized spacial score (nSPS) is 12.3. The van der Waals surface area contributed by atoms with Gasteiger partial charge in [0, 0.05) is 11.1 Å². The van der Waals surface area contributed by atoms with Crippen LogP contribution >= 0.6 is 11.6 Å². The van der Waals surface area contributed by atoms with Crippen molar-refractivity contribution in [2.24, 2.45) is 5.92 Å². The highest BCUT2D eigenvalue weighted by molar-refractivity contribution is 6.31. The zero-order chi connectivity index (χ0) is 13.7. The molecular formula is C14H20ClNO2. The summed E-state index contributed by atoms with van der Waals surface area (Å²) in [5, 5.41) is 3.58. The molecule has 1 aromatic carbocycles. The molecule has 0 unspecified atom stereocenters. The molecule has 0 heterocycles. The molecule has 18 heavy (non-hydrogen) atoms. The van der Waals surface area contributed by atoms with E-state index in [2.05, 4.69) is 19.2 Å². The molecule has 0 aliphatic carbocycles. The van der Waals surface area contributed by atoms with Gasteiger partial charge in [0.2, 0.25) is 0 Å². The molecule has 1 aromatic rings. The fraction of sp³-hybridized carbons (Fsp3) is 0.500. The van der Waals surface area contributed by atoms with E-state index in [0.717, 1.165) is 5.56 Å². The second-order valence-electron chi connectivity index (χ2n) is 4.80. The third-order valence-electron chi connectivity index (χ3n) is 2.89. The van der Waals surface area contributed by atoms with Crippen LogP contribution in [0.5, 0.6) is 5.75 Å². The smallest absolute Gasteiger partial charge is 0.258 e. The first kappa shape index (κ1) is 14.8. The molecule has 0 fully saturated rings. The zero-order valence-corrected chi connectivity index (χ0v) is 12.0. The summed E-state index contributed by atoms with van der Waals surface area (Å²) >= 11 is 5.91. The first-order valence-corrected chi connectivity index (χ1v) is 6.46. The number of aryl methyl sites for hydroxylation is 1. The van der Waals surface area contributed by atoms with E-state index in [1.807, 2.05) is 19.9 Å². The lowest BCUT2D eigenvalue weighted by atomic mass is 10.1. The van der Waals surface area contributed by atoms with Crippen molar-refractivity contribution < 1.29 is 9.53 Å². The first-order valence-electron chi connectivity index (χ1n) is 6.08. The Labute approximate surface area is 113 Å². The minimum Gasteiger partial charge on any atom is -0.484 e. The highest BCUT2D eigenvalue weighted by Gasteiger charge is 2.11. The SMILES string of the molecule is Cc1cc(OCC(=O)N[C@H](C)C(C)C)ccc1Cl. The molecule has 0 aliphatic heterocycles. The van der Waals surface area contributed by atoms with E-state index in [-0.39, 0.29) is 18.6 Å². The van der Waals surface area contributed by atoms with Crippen molar-refractivity contribution in [1.29, 1.82) is 0 Å². The summed E-state index contributed by atoms with van der Waals surface area (Å²) in [7, 11) is 0. The summed E-state index contributed by atoms with van der Waals surface area (Å²) in [5.74, 6) is 0.958. The third-order valence-corrected chi connectivity index (χ3v) is 3.31. The Morgan fingerprint density at radius 2 is 2.06 bits per heavy atom. The fourth-order valence-electron chi connectivity index (χ4n) is 1.32. The van der Waals surface area contributed by atoms with E-state index in [0.29, 0.717) is 16.7 Å². The molecule has 0 saturated heterocycles. The first-order chi connectivity index (χ1) is 8.40. The number of halogens is 1. The summed E-state index contributed by atoms with van der Waals surface area (Å²) in [6, 6.07) is 5.49. The molecule has 1 atom stereocenters. The van der Waals surface area contributed by atoms with Crippen LogP contribution in [0.3, 0.4) is 0 Å². The minimum atomic E-state index is -0.108. The van der Waals surface area contributed by atoms with Gasteiger partial charge in [0.15, 0.2) is 6.61 Å². The summed E-state index contributed by atoms with van der Waals surface area (Å²) in [6.45, 7) is 8.03. The molecule has 1 rings (SSSR count). The number of hydrogen-bond donors (Lipinski definition) is 1. The average molecular weight is 270 g/mol. The van der Waals surface area contributed by atoms with Crippen LogP contribution in [0.25, 0.3) is 0 Å². The Hall–Kier alpha value is -1.22. The van der Waals surface area contributed by atoms with Crippen molar-refractivity contribution in [2.75, 3.05) is 6.61 Å². The van der Waals surface area contributed by atoms with Crippen molar-refractivity contribution in [3.8, 4) is 5.75 Å². The van der Waals surface area contributed by atoms with Crippen molar-refractivity contribution in [3.63, 3.8) is 0 Å². The molecule has 4 heteroatoms. The van der Waals surface area contributed by atoms with E-state index in [1.54, 1.807) is 12.1 Å². The number of benzene rings is 1. The Balaban J connectivity index is 2.45. The van der Waals surface area contributed by atoms with Gasteiger partial charge in [-0.2, -0.15) is 0 Å². The summed E-state index contributed by atoms with van der Waals surface area (Å²) in [6.07, 6.45) is 0. The topological polar surface area (TPSA) is 38.3 Å². The van der Waals surface area contributed by atoms with Crippen LogP contribution in [0.2, 0.25) is 5.02 Å². The lowest BCUT2D eigenvalue weighted by Gasteiger charge is -2.17. The molecule has 1 amide bonds. The van der Waals surface area contributed by atoms with Crippen molar-refractivity contribution in [3.05, 3.63) is 28.8 Å². The van der Waals surface area contributed by atoms with Crippen LogP contribution in [-0.2, 0) is 4.79 Å². The second-order valence-corrected chi connectivity index (χ2v) is 5.21. The summed E-state index contributed by atoms with van der Waals surface area (Å²) in [4.78, 5) is 11.6. The van der Waals surface area contributed by atoms with Gasteiger partial charge in [-0.15, -0.1) is 0 Å². The van der Waals surface area contributed by atoms with Crippen LogP contribution in [0, 0.1) is 12.8 Å². The maximum absolute atomic E-state index is 11.6. The largest absolute Gasteiger partial charge is 0.484 e. The van der Waals surface area contributed by atoms with Crippen LogP contribution in [0.4, 0.5) is 0 Å². The van der Waals surface area contributed by atoms with E-state index in [4.69, 9.17) is 16.3 Å². The van der Waals surface area contributed by atoms with E-state index in [1.165, 1.54) is 0 Å². The highest BCUT2D eigenvalue weighted by Crippen LogP contribution is 2.20. The van der Waals surface area contributed by atoms with Crippen molar-refractivity contribution in [2.45, 2.75) is 33.7 Å². The van der Waals surface area contributed by atoms with Crippen LogP contribution in [0.1, 0.15) is 26.3 Å². The Kier molecular flexibility index (Phi) is 5.48. The van der Waals surface area contributed by atoms with Crippen LogP contribution in [0.15, 0.2) is 18.2 Å². The Bertz CT molecular complexity index is 418. The van der Waals surface area contributed by atoms with Crippen LogP contribution in [-0.4, -0.2) is 18.6 Å². The van der Waals surface area contributed by atoms with Crippen LogP contribution < -0.4 is 10.1 Å². The number of carbonyl (C=O) groups excluding carboxylic acids is 1. The minimum absolute atomic E-state index is 0.0259. The lowest BCUT2D eigenvalue weighted by molar-refractivity contribution is -0.124. The third kappa shape index (κ3) is 4.57. The molecule has 1 N–H and O–H groups in total. The summed E-state index contributed by atoms with van der Waals surface area (Å²) in [5.41, 5.74) is 0.935. The Morgan fingerprint density at radius 1 is 1.39 bits per heavy atom.